The highest BCUT2D eigenvalue weighted by molar-refractivity contribution is 6.35. The first-order valence-electron chi connectivity index (χ1n) is 6.25. The summed E-state index contributed by atoms with van der Waals surface area (Å²) in [4.78, 5) is 16.5. The molecule has 3 nitrogen and oxygen atoms in total. The van der Waals surface area contributed by atoms with Crippen LogP contribution in [-0.2, 0) is 0 Å². The zero-order valence-corrected chi connectivity index (χ0v) is 12.3. The van der Waals surface area contributed by atoms with Gasteiger partial charge in [0.1, 0.15) is 0 Å². The van der Waals surface area contributed by atoms with Crippen molar-refractivity contribution in [3.8, 4) is 0 Å². The number of pyridine rings is 1. The van der Waals surface area contributed by atoms with E-state index in [2.05, 4.69) is 10.3 Å². The third-order valence-electron chi connectivity index (χ3n) is 3.04. The summed E-state index contributed by atoms with van der Waals surface area (Å²) >= 11 is 12.0. The van der Waals surface area contributed by atoms with E-state index in [1.54, 1.807) is 42.6 Å². The number of hydrogen-bond donors (Lipinski definition) is 1. The molecule has 0 fully saturated rings. The molecule has 0 unspecified atom stereocenters. The molecule has 1 N–H and O–H groups in total. The predicted octanol–water partition coefficient (Wildman–Crippen LogP) is 4.79. The Balaban J connectivity index is 1.93. The molecule has 1 heterocycles. The molecule has 0 saturated heterocycles. The second-order valence-electron chi connectivity index (χ2n) is 4.49. The molecule has 5 heteroatoms. The van der Waals surface area contributed by atoms with Crippen molar-refractivity contribution in [2.75, 3.05) is 5.32 Å². The number of hydrogen-bond acceptors (Lipinski definition) is 2. The van der Waals surface area contributed by atoms with Crippen molar-refractivity contribution in [2.45, 2.75) is 0 Å². The van der Waals surface area contributed by atoms with E-state index in [1.165, 1.54) is 0 Å². The van der Waals surface area contributed by atoms with Gasteiger partial charge in [-0.2, -0.15) is 0 Å². The van der Waals surface area contributed by atoms with Crippen molar-refractivity contribution < 1.29 is 4.79 Å². The van der Waals surface area contributed by atoms with Gasteiger partial charge >= 0.3 is 0 Å². The molecule has 0 saturated carbocycles. The van der Waals surface area contributed by atoms with Crippen molar-refractivity contribution >= 4 is 45.7 Å². The summed E-state index contributed by atoms with van der Waals surface area (Å²) in [5.74, 6) is -0.283. The van der Waals surface area contributed by atoms with E-state index in [0.717, 1.165) is 10.9 Å². The van der Waals surface area contributed by atoms with Gasteiger partial charge in [-0.3, -0.25) is 9.78 Å². The molecule has 1 amide bonds. The number of fused-ring (bicyclic) bond motifs is 1. The Morgan fingerprint density at radius 2 is 1.81 bits per heavy atom. The summed E-state index contributed by atoms with van der Waals surface area (Å²) in [6.45, 7) is 0. The van der Waals surface area contributed by atoms with Crippen LogP contribution >= 0.6 is 23.2 Å². The van der Waals surface area contributed by atoms with Gasteiger partial charge in [0.2, 0.25) is 0 Å². The van der Waals surface area contributed by atoms with Gasteiger partial charge in [0, 0.05) is 22.3 Å². The predicted molar refractivity (Wildman–Crippen MR) is 86.2 cm³/mol. The van der Waals surface area contributed by atoms with Gasteiger partial charge in [-0.15, -0.1) is 0 Å². The van der Waals surface area contributed by atoms with Crippen LogP contribution in [0.15, 0.2) is 54.7 Å². The van der Waals surface area contributed by atoms with Crippen LogP contribution < -0.4 is 5.32 Å². The van der Waals surface area contributed by atoms with Crippen LogP contribution in [0.4, 0.5) is 5.69 Å². The Morgan fingerprint density at radius 3 is 2.57 bits per heavy atom. The molecule has 0 aliphatic heterocycles. The molecule has 104 valence electrons. The van der Waals surface area contributed by atoms with E-state index < -0.39 is 0 Å². The summed E-state index contributed by atoms with van der Waals surface area (Å²) in [6.07, 6.45) is 1.68. The lowest BCUT2D eigenvalue weighted by Gasteiger charge is -2.08. The summed E-state index contributed by atoms with van der Waals surface area (Å²) < 4.78 is 0. The number of amides is 1. The fourth-order valence-corrected chi connectivity index (χ4v) is 2.38. The maximum Gasteiger partial charge on any atom is 0.257 e. The van der Waals surface area contributed by atoms with E-state index in [4.69, 9.17) is 23.2 Å². The number of anilines is 1. The Morgan fingerprint density at radius 1 is 1.05 bits per heavy atom. The van der Waals surface area contributed by atoms with E-state index in [9.17, 15) is 4.79 Å². The molecule has 3 rings (SSSR count). The van der Waals surface area contributed by atoms with Crippen molar-refractivity contribution in [3.05, 3.63) is 70.3 Å². The molecule has 0 aliphatic carbocycles. The Kier molecular flexibility index (Phi) is 3.78. The summed E-state index contributed by atoms with van der Waals surface area (Å²) in [6, 6.07) is 14.0. The van der Waals surface area contributed by atoms with Crippen LogP contribution in [0.2, 0.25) is 10.0 Å². The van der Waals surface area contributed by atoms with Gasteiger partial charge in [-0.05, 0) is 42.5 Å². The van der Waals surface area contributed by atoms with Crippen LogP contribution in [0, 0.1) is 0 Å². The maximum atomic E-state index is 12.3. The lowest BCUT2D eigenvalue weighted by atomic mass is 10.1. The first-order chi connectivity index (χ1) is 10.1. The van der Waals surface area contributed by atoms with E-state index in [-0.39, 0.29) is 5.91 Å². The van der Waals surface area contributed by atoms with Gasteiger partial charge in [0.25, 0.3) is 5.91 Å². The third-order valence-corrected chi connectivity index (χ3v) is 3.60. The minimum absolute atomic E-state index is 0.283. The zero-order valence-electron chi connectivity index (χ0n) is 10.8. The fourth-order valence-electron chi connectivity index (χ4n) is 2.00. The van der Waals surface area contributed by atoms with Gasteiger partial charge in [-0.1, -0.05) is 29.3 Å². The Hall–Kier alpha value is -2.10. The number of benzene rings is 2. The largest absolute Gasteiger partial charge is 0.322 e. The second kappa shape index (κ2) is 5.72. The van der Waals surface area contributed by atoms with Crippen LogP contribution in [-0.4, -0.2) is 10.9 Å². The lowest BCUT2D eigenvalue weighted by molar-refractivity contribution is 0.102. The normalized spacial score (nSPS) is 10.6. The molecular formula is C16H10Cl2N2O. The molecule has 0 atom stereocenters. The minimum atomic E-state index is -0.283. The average Bonchev–Trinajstić information content (AvgIpc) is 2.49. The molecule has 2 aromatic carbocycles. The van der Waals surface area contributed by atoms with Gasteiger partial charge < -0.3 is 5.32 Å². The molecular weight excluding hydrogens is 307 g/mol. The van der Waals surface area contributed by atoms with Gasteiger partial charge in [0.05, 0.1) is 16.1 Å². The SMILES string of the molecule is O=C(Nc1ccc(Cl)cc1)c1cc2ncccc2cc1Cl. The van der Waals surface area contributed by atoms with Crippen LogP contribution in [0.25, 0.3) is 10.9 Å². The molecule has 21 heavy (non-hydrogen) atoms. The van der Waals surface area contributed by atoms with E-state index in [1.807, 2.05) is 12.1 Å². The zero-order chi connectivity index (χ0) is 14.8. The smallest absolute Gasteiger partial charge is 0.257 e. The number of rotatable bonds is 2. The van der Waals surface area contributed by atoms with Crippen molar-refractivity contribution in [2.24, 2.45) is 0 Å². The molecule has 3 aromatic rings. The van der Waals surface area contributed by atoms with Crippen LogP contribution in [0.5, 0.6) is 0 Å². The Bertz CT molecular complexity index is 816. The van der Waals surface area contributed by atoms with Gasteiger partial charge in [0.15, 0.2) is 0 Å². The number of nitrogens with one attached hydrogen (secondary N) is 1. The standard InChI is InChI=1S/C16H10Cl2N2O/c17-11-3-5-12(6-4-11)20-16(21)13-9-15-10(8-14(13)18)2-1-7-19-15/h1-9H,(H,20,21). The summed E-state index contributed by atoms with van der Waals surface area (Å²) in [5.41, 5.74) is 1.77. The van der Waals surface area contributed by atoms with Crippen LogP contribution in [0.1, 0.15) is 10.4 Å². The minimum Gasteiger partial charge on any atom is -0.322 e. The number of carbonyl (C=O) groups is 1. The van der Waals surface area contributed by atoms with Crippen molar-refractivity contribution in [1.82, 2.24) is 4.98 Å². The molecule has 0 radical (unpaired) electrons. The first-order valence-corrected chi connectivity index (χ1v) is 7.00. The highest BCUT2D eigenvalue weighted by atomic mass is 35.5. The third kappa shape index (κ3) is 2.99. The average molecular weight is 317 g/mol. The topological polar surface area (TPSA) is 42.0 Å². The van der Waals surface area contributed by atoms with E-state index >= 15 is 0 Å². The van der Waals surface area contributed by atoms with Crippen LogP contribution in [0.3, 0.4) is 0 Å². The van der Waals surface area contributed by atoms with E-state index in [0.29, 0.717) is 21.3 Å². The highest BCUT2D eigenvalue weighted by Crippen LogP contribution is 2.24. The second-order valence-corrected chi connectivity index (χ2v) is 5.33. The number of nitrogens with zero attached hydrogens (tertiary/aromatic N) is 1. The summed E-state index contributed by atoms with van der Waals surface area (Å²) in [5, 5.41) is 4.68. The maximum absolute atomic E-state index is 12.3. The highest BCUT2D eigenvalue weighted by Gasteiger charge is 2.12. The lowest BCUT2D eigenvalue weighted by Crippen LogP contribution is -2.12. The molecule has 1 aromatic heterocycles. The number of aromatic nitrogens is 1. The monoisotopic (exact) mass is 316 g/mol. The van der Waals surface area contributed by atoms with Gasteiger partial charge in [-0.25, -0.2) is 0 Å². The van der Waals surface area contributed by atoms with Crippen molar-refractivity contribution in [3.63, 3.8) is 0 Å². The molecule has 0 spiro atoms. The fraction of sp³-hybridized carbons (Fsp3) is 0. The first kappa shape index (κ1) is 13.9. The summed E-state index contributed by atoms with van der Waals surface area (Å²) in [7, 11) is 0. The Labute approximate surface area is 131 Å². The molecule has 0 aliphatic rings. The number of halogens is 2. The molecule has 0 bridgehead atoms. The van der Waals surface area contributed by atoms with Crippen molar-refractivity contribution in [1.29, 1.82) is 0 Å². The number of carbonyl (C=O) groups excluding carboxylic acids is 1. The quantitative estimate of drug-likeness (QED) is 0.738.